The SMILES string of the molecule is CCSC1CC2CC(=O)N2C1(CCOC(C)=O)C(=O)OCc1ccc([N+](=O)[O-])cc1. The maximum atomic E-state index is 13.3. The number of carbonyl (C=O) groups is 3. The molecule has 0 aromatic heterocycles. The molecule has 1 amide bonds. The van der Waals surface area contributed by atoms with Gasteiger partial charge in [-0.1, -0.05) is 6.92 Å². The average molecular weight is 436 g/mol. The number of thioether (sulfide) groups is 1. The lowest BCUT2D eigenvalue weighted by molar-refractivity contribution is -0.384. The molecule has 3 rings (SSSR count). The third-order valence-electron chi connectivity index (χ3n) is 5.52. The number of rotatable bonds is 9. The first-order valence-corrected chi connectivity index (χ1v) is 10.8. The Labute approximate surface area is 178 Å². The van der Waals surface area contributed by atoms with Gasteiger partial charge in [0.25, 0.3) is 5.69 Å². The number of non-ortho nitro benzene ring substituents is 1. The van der Waals surface area contributed by atoms with Crippen molar-refractivity contribution in [2.24, 2.45) is 0 Å². The van der Waals surface area contributed by atoms with Crippen molar-refractivity contribution in [1.82, 2.24) is 4.90 Å². The van der Waals surface area contributed by atoms with Crippen molar-refractivity contribution in [2.45, 2.75) is 56.5 Å². The van der Waals surface area contributed by atoms with E-state index in [2.05, 4.69) is 0 Å². The number of hydrogen-bond acceptors (Lipinski definition) is 8. The monoisotopic (exact) mass is 436 g/mol. The van der Waals surface area contributed by atoms with Gasteiger partial charge in [-0.15, -0.1) is 0 Å². The number of esters is 2. The molecule has 10 heteroatoms. The Bertz CT molecular complexity index is 844. The third kappa shape index (κ3) is 4.14. The first-order valence-electron chi connectivity index (χ1n) is 9.77. The third-order valence-corrected chi connectivity index (χ3v) is 6.84. The van der Waals surface area contributed by atoms with Gasteiger partial charge < -0.3 is 14.4 Å². The van der Waals surface area contributed by atoms with E-state index in [0.29, 0.717) is 18.4 Å². The van der Waals surface area contributed by atoms with Crippen molar-refractivity contribution in [2.75, 3.05) is 12.4 Å². The predicted octanol–water partition coefficient (Wildman–Crippen LogP) is 2.46. The summed E-state index contributed by atoms with van der Waals surface area (Å²) in [6.07, 6.45) is 1.27. The topological polar surface area (TPSA) is 116 Å². The number of hydrogen-bond donors (Lipinski definition) is 0. The summed E-state index contributed by atoms with van der Waals surface area (Å²) in [5.74, 6) is -0.318. The second-order valence-electron chi connectivity index (χ2n) is 7.32. The Morgan fingerprint density at radius 3 is 2.57 bits per heavy atom. The van der Waals surface area contributed by atoms with Crippen molar-refractivity contribution in [1.29, 1.82) is 0 Å². The summed E-state index contributed by atoms with van der Waals surface area (Å²) in [6, 6.07) is 5.74. The number of benzene rings is 1. The zero-order valence-electron chi connectivity index (χ0n) is 16.9. The fraction of sp³-hybridized carbons (Fsp3) is 0.550. The maximum absolute atomic E-state index is 13.3. The summed E-state index contributed by atoms with van der Waals surface area (Å²) in [4.78, 5) is 48.9. The summed E-state index contributed by atoms with van der Waals surface area (Å²) < 4.78 is 10.7. The molecule has 2 aliphatic rings. The second kappa shape index (κ2) is 9.03. The molecule has 0 spiro atoms. The maximum Gasteiger partial charge on any atom is 0.333 e. The fourth-order valence-electron chi connectivity index (χ4n) is 4.18. The molecule has 2 fully saturated rings. The lowest BCUT2D eigenvalue weighted by Crippen LogP contribution is -2.65. The zero-order chi connectivity index (χ0) is 21.9. The van der Waals surface area contributed by atoms with Crippen LogP contribution in [0, 0.1) is 10.1 Å². The lowest BCUT2D eigenvalue weighted by atomic mass is 9.90. The van der Waals surface area contributed by atoms with E-state index in [1.54, 1.807) is 16.7 Å². The number of fused-ring (bicyclic) bond motifs is 1. The smallest absolute Gasteiger partial charge is 0.333 e. The molecule has 1 aromatic carbocycles. The van der Waals surface area contributed by atoms with Crippen molar-refractivity contribution in [3.05, 3.63) is 39.9 Å². The fourth-order valence-corrected chi connectivity index (χ4v) is 5.54. The zero-order valence-corrected chi connectivity index (χ0v) is 17.7. The van der Waals surface area contributed by atoms with Crippen LogP contribution in [0.4, 0.5) is 5.69 Å². The Hall–Kier alpha value is -2.62. The average Bonchev–Trinajstić information content (AvgIpc) is 2.94. The van der Waals surface area contributed by atoms with E-state index in [9.17, 15) is 24.5 Å². The molecule has 3 unspecified atom stereocenters. The van der Waals surface area contributed by atoms with Crippen LogP contribution in [0.3, 0.4) is 0 Å². The van der Waals surface area contributed by atoms with Gasteiger partial charge in [-0.2, -0.15) is 11.8 Å². The molecule has 1 aromatic rings. The van der Waals surface area contributed by atoms with Gasteiger partial charge >= 0.3 is 11.9 Å². The van der Waals surface area contributed by atoms with Crippen LogP contribution in [-0.2, 0) is 30.5 Å². The quantitative estimate of drug-likeness (QED) is 0.251. The van der Waals surface area contributed by atoms with Crippen LogP contribution in [-0.4, -0.2) is 56.9 Å². The van der Waals surface area contributed by atoms with Gasteiger partial charge in [-0.25, -0.2) is 4.79 Å². The summed E-state index contributed by atoms with van der Waals surface area (Å²) in [7, 11) is 0. The van der Waals surface area contributed by atoms with E-state index in [-0.39, 0.29) is 42.5 Å². The molecule has 0 saturated carbocycles. The first-order chi connectivity index (χ1) is 14.3. The van der Waals surface area contributed by atoms with Crippen LogP contribution in [0.2, 0.25) is 0 Å². The predicted molar refractivity (Wildman–Crippen MR) is 109 cm³/mol. The normalized spacial score (nSPS) is 24.7. The molecule has 162 valence electrons. The molecule has 9 nitrogen and oxygen atoms in total. The summed E-state index contributed by atoms with van der Waals surface area (Å²) in [5.41, 5.74) is -0.628. The Balaban J connectivity index is 1.80. The van der Waals surface area contributed by atoms with Gasteiger partial charge in [0.15, 0.2) is 5.54 Å². The number of ether oxygens (including phenoxy) is 2. The van der Waals surface area contributed by atoms with Crippen LogP contribution in [0.5, 0.6) is 0 Å². The van der Waals surface area contributed by atoms with E-state index >= 15 is 0 Å². The van der Waals surface area contributed by atoms with Crippen molar-refractivity contribution in [3.63, 3.8) is 0 Å². The molecule has 0 N–H and O–H groups in total. The molecule has 2 heterocycles. The molecule has 2 aliphatic heterocycles. The van der Waals surface area contributed by atoms with Gasteiger partial charge in [0.1, 0.15) is 6.61 Å². The van der Waals surface area contributed by atoms with E-state index in [1.165, 1.54) is 31.2 Å². The molecule has 2 saturated heterocycles. The van der Waals surface area contributed by atoms with E-state index in [1.807, 2.05) is 6.92 Å². The molecular weight excluding hydrogens is 412 g/mol. The highest BCUT2D eigenvalue weighted by Gasteiger charge is 2.65. The van der Waals surface area contributed by atoms with Crippen LogP contribution in [0.25, 0.3) is 0 Å². The van der Waals surface area contributed by atoms with Crippen LogP contribution in [0.15, 0.2) is 24.3 Å². The molecule has 0 radical (unpaired) electrons. The minimum absolute atomic E-state index is 0.00852. The highest BCUT2D eigenvalue weighted by Crippen LogP contribution is 2.50. The molecule has 0 bridgehead atoms. The number of nitrogens with zero attached hydrogens (tertiary/aromatic N) is 2. The Morgan fingerprint density at radius 2 is 2.00 bits per heavy atom. The van der Waals surface area contributed by atoms with Crippen molar-refractivity contribution in [3.8, 4) is 0 Å². The van der Waals surface area contributed by atoms with Crippen molar-refractivity contribution < 1.29 is 28.8 Å². The van der Waals surface area contributed by atoms with Gasteiger partial charge in [0.2, 0.25) is 5.91 Å². The van der Waals surface area contributed by atoms with Gasteiger partial charge in [0, 0.05) is 43.2 Å². The number of nitro benzene ring substituents is 1. The first kappa shape index (κ1) is 22.1. The molecule has 30 heavy (non-hydrogen) atoms. The van der Waals surface area contributed by atoms with Crippen LogP contribution < -0.4 is 0 Å². The molecule has 0 aliphatic carbocycles. The van der Waals surface area contributed by atoms with Crippen LogP contribution >= 0.6 is 11.8 Å². The van der Waals surface area contributed by atoms with E-state index < -0.39 is 22.4 Å². The number of amides is 1. The second-order valence-corrected chi connectivity index (χ2v) is 8.80. The van der Waals surface area contributed by atoms with Gasteiger partial charge in [-0.05, 0) is 29.9 Å². The Morgan fingerprint density at radius 1 is 1.30 bits per heavy atom. The summed E-state index contributed by atoms with van der Waals surface area (Å²) in [5, 5.41) is 10.6. The lowest BCUT2D eigenvalue weighted by Gasteiger charge is -2.46. The number of β-lactam (4-membered cyclic amide) rings is 1. The number of carbonyl (C=O) groups excluding carboxylic acids is 3. The molecular formula is C20H24N2O7S. The van der Waals surface area contributed by atoms with Crippen molar-refractivity contribution >= 4 is 35.3 Å². The minimum Gasteiger partial charge on any atom is -0.466 e. The standard InChI is InChI=1S/C20H24N2O7S/c1-3-30-17-10-16-11-18(24)21(16)20(17,8-9-28-13(2)23)19(25)29-12-14-4-6-15(7-5-14)22(26)27/h4-7,16-17H,3,8-12H2,1-2H3. The summed E-state index contributed by atoms with van der Waals surface area (Å²) in [6.45, 7) is 3.23. The Kier molecular flexibility index (Phi) is 6.64. The number of nitro groups is 1. The van der Waals surface area contributed by atoms with Gasteiger partial charge in [-0.3, -0.25) is 19.7 Å². The van der Waals surface area contributed by atoms with Gasteiger partial charge in [0.05, 0.1) is 11.5 Å². The minimum atomic E-state index is -1.18. The van der Waals surface area contributed by atoms with Crippen LogP contribution in [0.1, 0.15) is 38.7 Å². The summed E-state index contributed by atoms with van der Waals surface area (Å²) >= 11 is 1.60. The van der Waals surface area contributed by atoms with E-state index in [0.717, 1.165) is 5.75 Å². The molecule has 3 atom stereocenters. The largest absolute Gasteiger partial charge is 0.466 e. The van der Waals surface area contributed by atoms with E-state index in [4.69, 9.17) is 9.47 Å². The highest BCUT2D eigenvalue weighted by atomic mass is 32.2. The highest BCUT2D eigenvalue weighted by molar-refractivity contribution is 8.00.